The molecule has 0 saturated heterocycles. The Labute approximate surface area is 143 Å². The molecule has 2 N–H and O–H groups in total. The molecule has 0 aliphatic carbocycles. The number of anilines is 1. The molecule has 1 amide bonds. The molecule has 0 fully saturated rings. The molecule has 25 heavy (non-hydrogen) atoms. The number of aromatic nitrogens is 2. The van der Waals surface area contributed by atoms with E-state index in [1.165, 1.54) is 18.5 Å². The minimum atomic E-state index is -0.360. The van der Waals surface area contributed by atoms with Crippen molar-refractivity contribution in [3.05, 3.63) is 66.1 Å². The van der Waals surface area contributed by atoms with Crippen LogP contribution in [0.25, 0.3) is 0 Å². The first-order valence-corrected chi connectivity index (χ1v) is 7.36. The van der Waals surface area contributed by atoms with Crippen molar-refractivity contribution in [2.75, 3.05) is 12.4 Å². The lowest BCUT2D eigenvalue weighted by molar-refractivity contribution is 0.102. The average molecular weight is 334 g/mol. The largest absolute Gasteiger partial charge is 0.493 e. The van der Waals surface area contributed by atoms with E-state index < -0.39 is 0 Å². The summed E-state index contributed by atoms with van der Waals surface area (Å²) in [6.07, 6.45) is 2.95. The molecule has 1 aromatic carbocycles. The Hall–Kier alpha value is -3.79. The van der Waals surface area contributed by atoms with Gasteiger partial charge in [-0.2, -0.15) is 5.26 Å². The van der Waals surface area contributed by atoms with E-state index in [0.29, 0.717) is 34.3 Å². The number of carbonyl (C=O) groups excluding carboxylic acids is 1. The highest BCUT2D eigenvalue weighted by molar-refractivity contribution is 6.03. The normalized spacial score (nSPS) is 9.92. The van der Waals surface area contributed by atoms with Gasteiger partial charge in [-0.1, -0.05) is 12.1 Å². The van der Waals surface area contributed by atoms with Gasteiger partial charge in [0, 0.05) is 12.3 Å². The molecule has 0 aliphatic rings. The Morgan fingerprint density at radius 2 is 2.04 bits per heavy atom. The molecule has 3 aromatic rings. The van der Waals surface area contributed by atoms with Gasteiger partial charge in [0.1, 0.15) is 11.8 Å². The van der Waals surface area contributed by atoms with Gasteiger partial charge in [0.05, 0.1) is 24.6 Å². The van der Waals surface area contributed by atoms with Gasteiger partial charge in [-0.3, -0.25) is 4.79 Å². The predicted octanol–water partition coefficient (Wildman–Crippen LogP) is 3.33. The number of aromatic amines is 1. The Kier molecular flexibility index (Phi) is 4.62. The van der Waals surface area contributed by atoms with Crippen molar-refractivity contribution in [3.63, 3.8) is 0 Å². The van der Waals surface area contributed by atoms with Gasteiger partial charge in [0.2, 0.25) is 5.88 Å². The first kappa shape index (κ1) is 16.1. The number of rotatable bonds is 5. The van der Waals surface area contributed by atoms with Gasteiger partial charge >= 0.3 is 0 Å². The summed E-state index contributed by atoms with van der Waals surface area (Å²) in [5.41, 5.74) is 1.19. The van der Waals surface area contributed by atoms with Crippen molar-refractivity contribution in [3.8, 4) is 23.4 Å². The van der Waals surface area contributed by atoms with Gasteiger partial charge in [-0.25, -0.2) is 4.98 Å². The predicted molar refractivity (Wildman–Crippen MR) is 90.8 cm³/mol. The van der Waals surface area contributed by atoms with Crippen molar-refractivity contribution in [1.82, 2.24) is 9.97 Å². The minimum Gasteiger partial charge on any atom is -0.493 e. The van der Waals surface area contributed by atoms with Crippen LogP contribution in [0, 0.1) is 11.3 Å². The summed E-state index contributed by atoms with van der Waals surface area (Å²) in [7, 11) is 1.56. The average Bonchev–Trinajstić information content (AvgIpc) is 3.13. The molecule has 0 radical (unpaired) electrons. The van der Waals surface area contributed by atoms with Crippen LogP contribution in [0.3, 0.4) is 0 Å². The standard InChI is InChI=1S/C18H14N4O3/c1-24-15-4-2-3-5-16(15)25-17-7-6-13(11-21-17)22-18(23)14-8-12(9-19)10-20-14/h2-8,10-11,20H,1H3,(H,22,23). The van der Waals surface area contributed by atoms with E-state index in [4.69, 9.17) is 14.7 Å². The summed E-state index contributed by atoms with van der Waals surface area (Å²) >= 11 is 0. The Balaban J connectivity index is 1.68. The number of carbonyl (C=O) groups is 1. The number of methoxy groups -OCH3 is 1. The van der Waals surface area contributed by atoms with Gasteiger partial charge in [-0.05, 0) is 24.3 Å². The fraction of sp³-hybridized carbons (Fsp3) is 0.0556. The summed E-state index contributed by atoms with van der Waals surface area (Å²) in [5.74, 6) is 1.15. The lowest BCUT2D eigenvalue weighted by Crippen LogP contribution is -2.12. The van der Waals surface area contributed by atoms with Crippen LogP contribution in [0.15, 0.2) is 54.9 Å². The molecule has 0 bridgehead atoms. The number of para-hydroxylation sites is 2. The number of nitrogens with zero attached hydrogens (tertiary/aromatic N) is 2. The number of H-pyrrole nitrogens is 1. The molecule has 7 nitrogen and oxygen atoms in total. The van der Waals surface area contributed by atoms with Crippen molar-refractivity contribution < 1.29 is 14.3 Å². The number of benzene rings is 1. The van der Waals surface area contributed by atoms with E-state index in [-0.39, 0.29) is 5.91 Å². The third kappa shape index (κ3) is 3.76. The molecule has 0 atom stereocenters. The highest BCUT2D eigenvalue weighted by Gasteiger charge is 2.10. The van der Waals surface area contributed by atoms with Crippen LogP contribution in [-0.2, 0) is 0 Å². The molecule has 0 spiro atoms. The van der Waals surface area contributed by atoms with E-state index in [1.54, 1.807) is 31.4 Å². The van der Waals surface area contributed by atoms with Crippen molar-refractivity contribution in [2.24, 2.45) is 0 Å². The number of nitriles is 1. The SMILES string of the molecule is COc1ccccc1Oc1ccc(NC(=O)c2cc(C#N)c[nH]2)cn1. The Morgan fingerprint density at radius 3 is 2.68 bits per heavy atom. The van der Waals surface area contributed by atoms with E-state index in [2.05, 4.69) is 15.3 Å². The first-order chi connectivity index (χ1) is 12.2. The lowest BCUT2D eigenvalue weighted by atomic mass is 10.3. The molecule has 0 aliphatic heterocycles. The molecular weight excluding hydrogens is 320 g/mol. The number of amides is 1. The highest BCUT2D eigenvalue weighted by atomic mass is 16.5. The maximum atomic E-state index is 12.1. The third-order valence-corrected chi connectivity index (χ3v) is 3.33. The molecule has 2 aromatic heterocycles. The Morgan fingerprint density at radius 1 is 1.24 bits per heavy atom. The second-order valence-electron chi connectivity index (χ2n) is 5.01. The molecular formula is C18H14N4O3. The summed E-state index contributed by atoms with van der Waals surface area (Å²) in [4.78, 5) is 19.0. The molecule has 0 saturated carbocycles. The topological polar surface area (TPSA) is 100 Å². The smallest absolute Gasteiger partial charge is 0.272 e. The molecule has 0 unspecified atom stereocenters. The van der Waals surface area contributed by atoms with Crippen LogP contribution in [0.1, 0.15) is 16.1 Å². The van der Waals surface area contributed by atoms with Crippen LogP contribution < -0.4 is 14.8 Å². The maximum Gasteiger partial charge on any atom is 0.272 e. The zero-order chi connectivity index (χ0) is 17.6. The molecule has 2 heterocycles. The molecule has 124 valence electrons. The fourth-order valence-corrected chi connectivity index (χ4v) is 2.12. The van der Waals surface area contributed by atoms with Crippen LogP contribution in [0.2, 0.25) is 0 Å². The number of hydrogen-bond acceptors (Lipinski definition) is 5. The van der Waals surface area contributed by atoms with E-state index >= 15 is 0 Å². The number of nitrogens with one attached hydrogen (secondary N) is 2. The second-order valence-corrected chi connectivity index (χ2v) is 5.01. The van der Waals surface area contributed by atoms with Crippen LogP contribution in [0.5, 0.6) is 17.4 Å². The van der Waals surface area contributed by atoms with Crippen LogP contribution >= 0.6 is 0 Å². The third-order valence-electron chi connectivity index (χ3n) is 3.33. The Bertz CT molecular complexity index is 926. The maximum absolute atomic E-state index is 12.1. The molecule has 3 rings (SSSR count). The molecule has 7 heteroatoms. The van der Waals surface area contributed by atoms with E-state index in [9.17, 15) is 4.79 Å². The number of pyridine rings is 1. The van der Waals surface area contributed by atoms with Crippen molar-refractivity contribution in [2.45, 2.75) is 0 Å². The number of ether oxygens (including phenoxy) is 2. The second kappa shape index (κ2) is 7.19. The summed E-state index contributed by atoms with van der Waals surface area (Å²) in [5, 5.41) is 11.5. The fourth-order valence-electron chi connectivity index (χ4n) is 2.12. The minimum absolute atomic E-state index is 0.297. The van der Waals surface area contributed by atoms with Gasteiger partial charge in [-0.15, -0.1) is 0 Å². The van der Waals surface area contributed by atoms with Crippen LogP contribution in [0.4, 0.5) is 5.69 Å². The quantitative estimate of drug-likeness (QED) is 0.745. The summed E-state index contributed by atoms with van der Waals surface area (Å²) in [6.45, 7) is 0. The van der Waals surface area contributed by atoms with Gasteiger partial charge in [0.15, 0.2) is 11.5 Å². The highest BCUT2D eigenvalue weighted by Crippen LogP contribution is 2.30. The van der Waals surface area contributed by atoms with Crippen LogP contribution in [-0.4, -0.2) is 23.0 Å². The monoisotopic (exact) mass is 334 g/mol. The zero-order valence-electron chi connectivity index (χ0n) is 13.3. The van der Waals surface area contributed by atoms with Crippen molar-refractivity contribution in [1.29, 1.82) is 5.26 Å². The lowest BCUT2D eigenvalue weighted by Gasteiger charge is -2.09. The van der Waals surface area contributed by atoms with E-state index in [0.717, 1.165) is 0 Å². The van der Waals surface area contributed by atoms with E-state index in [1.807, 2.05) is 18.2 Å². The van der Waals surface area contributed by atoms with Crippen molar-refractivity contribution >= 4 is 11.6 Å². The first-order valence-electron chi connectivity index (χ1n) is 7.36. The summed E-state index contributed by atoms with van der Waals surface area (Å²) in [6, 6.07) is 14.0. The van der Waals surface area contributed by atoms with Gasteiger partial charge in [0.25, 0.3) is 5.91 Å². The zero-order valence-corrected chi connectivity index (χ0v) is 13.3. The summed E-state index contributed by atoms with van der Waals surface area (Å²) < 4.78 is 10.9. The number of hydrogen-bond donors (Lipinski definition) is 2. The van der Waals surface area contributed by atoms with Gasteiger partial charge < -0.3 is 19.8 Å².